The fourth-order valence-corrected chi connectivity index (χ4v) is 2.59. The Kier molecular flexibility index (Phi) is 3.48. The lowest BCUT2D eigenvalue weighted by atomic mass is 9.95. The van der Waals surface area contributed by atoms with E-state index in [2.05, 4.69) is 4.98 Å². The van der Waals surface area contributed by atoms with Crippen molar-refractivity contribution in [3.05, 3.63) is 40.7 Å². The maximum absolute atomic E-state index is 11.7. The Morgan fingerprint density at radius 3 is 2.56 bits per heavy atom. The van der Waals surface area contributed by atoms with Crippen LogP contribution in [-0.4, -0.2) is 18.1 Å². The van der Waals surface area contributed by atoms with Crippen LogP contribution in [-0.2, 0) is 14.9 Å². The van der Waals surface area contributed by atoms with Crippen LogP contribution >= 0.6 is 11.3 Å². The fourth-order valence-electron chi connectivity index (χ4n) is 1.64. The summed E-state index contributed by atoms with van der Waals surface area (Å²) < 4.78 is 4.81. The maximum Gasteiger partial charge on any atom is 0.318 e. The molecule has 0 fully saturated rings. The van der Waals surface area contributed by atoms with Gasteiger partial charge in [-0.3, -0.25) is 4.79 Å². The molecule has 3 nitrogen and oxygen atoms in total. The summed E-state index contributed by atoms with van der Waals surface area (Å²) in [5.41, 5.74) is 1.25. The molecular formula is C14H15NO2S. The standard InChI is InChI=1S/C14H15NO2S/c1-14(2,13(16)17-3)12-15-11(9-18-12)10-7-5-4-6-8-10/h4-9H,1-3H3. The number of benzene rings is 1. The van der Waals surface area contributed by atoms with Crippen LogP contribution in [0.4, 0.5) is 0 Å². The normalized spacial score (nSPS) is 11.3. The van der Waals surface area contributed by atoms with Crippen LogP contribution in [0.2, 0.25) is 0 Å². The lowest BCUT2D eigenvalue weighted by Crippen LogP contribution is -2.30. The molecule has 1 heterocycles. The van der Waals surface area contributed by atoms with Crippen molar-refractivity contribution in [3.8, 4) is 11.3 Å². The highest BCUT2D eigenvalue weighted by atomic mass is 32.1. The van der Waals surface area contributed by atoms with E-state index >= 15 is 0 Å². The highest BCUT2D eigenvalue weighted by molar-refractivity contribution is 7.10. The Bertz CT molecular complexity index is 546. The van der Waals surface area contributed by atoms with Crippen molar-refractivity contribution >= 4 is 17.3 Å². The Hall–Kier alpha value is -1.68. The minimum atomic E-state index is -0.702. The van der Waals surface area contributed by atoms with Crippen molar-refractivity contribution in [1.29, 1.82) is 0 Å². The van der Waals surface area contributed by atoms with E-state index in [0.29, 0.717) is 0 Å². The molecule has 0 unspecified atom stereocenters. The van der Waals surface area contributed by atoms with Crippen LogP contribution in [0, 0.1) is 0 Å². The summed E-state index contributed by atoms with van der Waals surface area (Å²) in [6.45, 7) is 3.65. The van der Waals surface area contributed by atoms with Gasteiger partial charge < -0.3 is 4.74 Å². The second-order valence-corrected chi connectivity index (χ2v) is 5.38. The number of methoxy groups -OCH3 is 1. The van der Waals surface area contributed by atoms with Crippen LogP contribution < -0.4 is 0 Å². The summed E-state index contributed by atoms with van der Waals surface area (Å²) in [5, 5.41) is 2.74. The van der Waals surface area contributed by atoms with Gasteiger partial charge in [0, 0.05) is 10.9 Å². The molecule has 1 aromatic carbocycles. The summed E-state index contributed by atoms with van der Waals surface area (Å²) in [6, 6.07) is 9.92. The number of aromatic nitrogens is 1. The van der Waals surface area contributed by atoms with Crippen molar-refractivity contribution in [2.45, 2.75) is 19.3 Å². The molecule has 0 saturated heterocycles. The van der Waals surface area contributed by atoms with Crippen molar-refractivity contribution in [1.82, 2.24) is 4.98 Å². The number of rotatable bonds is 3. The number of hydrogen-bond acceptors (Lipinski definition) is 4. The van der Waals surface area contributed by atoms with E-state index in [4.69, 9.17) is 4.74 Å². The third-order valence-electron chi connectivity index (χ3n) is 2.80. The fraction of sp³-hybridized carbons (Fsp3) is 0.286. The molecule has 18 heavy (non-hydrogen) atoms. The number of nitrogens with zero attached hydrogens (tertiary/aromatic N) is 1. The molecule has 0 atom stereocenters. The van der Waals surface area contributed by atoms with Gasteiger partial charge in [-0.1, -0.05) is 30.3 Å². The van der Waals surface area contributed by atoms with Crippen LogP contribution in [0.5, 0.6) is 0 Å². The first-order chi connectivity index (χ1) is 8.55. The zero-order valence-electron chi connectivity index (χ0n) is 10.6. The number of carbonyl (C=O) groups is 1. The third-order valence-corrected chi connectivity index (χ3v) is 3.97. The Morgan fingerprint density at radius 1 is 1.28 bits per heavy atom. The highest BCUT2D eigenvalue weighted by Gasteiger charge is 2.34. The SMILES string of the molecule is COC(=O)C(C)(C)c1nc(-c2ccccc2)cs1. The molecule has 0 aliphatic carbocycles. The first-order valence-corrected chi connectivity index (χ1v) is 6.53. The number of hydrogen-bond donors (Lipinski definition) is 0. The van der Waals surface area contributed by atoms with Gasteiger partial charge in [0.15, 0.2) is 0 Å². The zero-order valence-corrected chi connectivity index (χ0v) is 11.5. The van der Waals surface area contributed by atoms with Crippen molar-refractivity contribution in [3.63, 3.8) is 0 Å². The van der Waals surface area contributed by atoms with Crippen LogP contribution in [0.25, 0.3) is 11.3 Å². The maximum atomic E-state index is 11.7. The van der Waals surface area contributed by atoms with Crippen molar-refractivity contribution in [2.24, 2.45) is 0 Å². The molecule has 0 aliphatic rings. The van der Waals surface area contributed by atoms with Gasteiger partial charge >= 0.3 is 5.97 Å². The Labute approximate surface area is 110 Å². The second kappa shape index (κ2) is 4.90. The van der Waals surface area contributed by atoms with Gasteiger partial charge in [-0.2, -0.15) is 0 Å². The first kappa shape index (κ1) is 12.8. The Balaban J connectivity index is 2.34. The third kappa shape index (κ3) is 2.29. The molecule has 0 spiro atoms. The van der Waals surface area contributed by atoms with E-state index in [1.165, 1.54) is 18.4 Å². The van der Waals surface area contributed by atoms with Crippen LogP contribution in [0.3, 0.4) is 0 Å². The van der Waals surface area contributed by atoms with E-state index < -0.39 is 5.41 Å². The van der Waals surface area contributed by atoms with Gasteiger partial charge in [-0.25, -0.2) is 4.98 Å². The number of thiazole rings is 1. The lowest BCUT2D eigenvalue weighted by Gasteiger charge is -2.18. The van der Waals surface area contributed by atoms with E-state index in [1.807, 2.05) is 49.6 Å². The molecule has 94 valence electrons. The quantitative estimate of drug-likeness (QED) is 0.796. The first-order valence-electron chi connectivity index (χ1n) is 5.65. The van der Waals surface area contributed by atoms with Crippen molar-refractivity contribution in [2.75, 3.05) is 7.11 Å². The minimum Gasteiger partial charge on any atom is -0.468 e. The molecule has 0 radical (unpaired) electrons. The summed E-state index contributed by atoms with van der Waals surface area (Å²) in [4.78, 5) is 16.3. The molecule has 2 aromatic rings. The molecule has 0 amide bonds. The minimum absolute atomic E-state index is 0.267. The topological polar surface area (TPSA) is 39.2 Å². The summed E-state index contributed by atoms with van der Waals surface area (Å²) >= 11 is 1.48. The van der Waals surface area contributed by atoms with Gasteiger partial charge in [-0.05, 0) is 13.8 Å². The van der Waals surface area contributed by atoms with Gasteiger partial charge in [0.1, 0.15) is 10.4 Å². The van der Waals surface area contributed by atoms with Gasteiger partial charge in [0.25, 0.3) is 0 Å². The van der Waals surface area contributed by atoms with Crippen LogP contribution in [0.1, 0.15) is 18.9 Å². The largest absolute Gasteiger partial charge is 0.468 e. The molecule has 0 N–H and O–H groups in total. The summed E-state index contributed by atoms with van der Waals surface area (Å²) in [5.74, 6) is -0.267. The molecule has 0 aliphatic heterocycles. The van der Waals surface area contributed by atoms with E-state index in [0.717, 1.165) is 16.3 Å². The molecular weight excluding hydrogens is 246 g/mol. The summed E-state index contributed by atoms with van der Waals surface area (Å²) in [7, 11) is 1.40. The molecule has 0 bridgehead atoms. The average molecular weight is 261 g/mol. The molecule has 4 heteroatoms. The van der Waals surface area contributed by atoms with Gasteiger partial charge in [-0.15, -0.1) is 11.3 Å². The second-order valence-electron chi connectivity index (χ2n) is 4.52. The molecule has 0 saturated carbocycles. The van der Waals surface area contributed by atoms with Gasteiger partial charge in [0.05, 0.1) is 12.8 Å². The summed E-state index contributed by atoms with van der Waals surface area (Å²) in [6.07, 6.45) is 0. The number of esters is 1. The number of carbonyl (C=O) groups excluding carboxylic acids is 1. The lowest BCUT2D eigenvalue weighted by molar-refractivity contribution is -0.146. The van der Waals surface area contributed by atoms with E-state index in [1.54, 1.807) is 0 Å². The smallest absolute Gasteiger partial charge is 0.318 e. The number of ether oxygens (including phenoxy) is 1. The van der Waals surface area contributed by atoms with Crippen LogP contribution in [0.15, 0.2) is 35.7 Å². The molecule has 2 rings (SSSR count). The average Bonchev–Trinajstić information content (AvgIpc) is 2.89. The monoisotopic (exact) mass is 261 g/mol. The Morgan fingerprint density at radius 2 is 1.94 bits per heavy atom. The van der Waals surface area contributed by atoms with Crippen molar-refractivity contribution < 1.29 is 9.53 Å². The zero-order chi connectivity index (χ0) is 13.2. The highest BCUT2D eigenvalue weighted by Crippen LogP contribution is 2.31. The van der Waals surface area contributed by atoms with E-state index in [9.17, 15) is 4.79 Å². The van der Waals surface area contributed by atoms with Gasteiger partial charge in [0.2, 0.25) is 0 Å². The predicted molar refractivity (Wildman–Crippen MR) is 72.6 cm³/mol. The molecule has 1 aromatic heterocycles. The van der Waals surface area contributed by atoms with E-state index in [-0.39, 0.29) is 5.97 Å². The predicted octanol–water partition coefficient (Wildman–Crippen LogP) is 3.26.